The molecule has 22 heavy (non-hydrogen) atoms. The summed E-state index contributed by atoms with van der Waals surface area (Å²) in [6.45, 7) is 8.43. The van der Waals surface area contributed by atoms with Crippen molar-refractivity contribution in [3.8, 4) is 0 Å². The number of rotatable bonds is 2. The molecule has 2 saturated heterocycles. The van der Waals surface area contributed by atoms with E-state index in [-0.39, 0.29) is 5.91 Å². The zero-order chi connectivity index (χ0) is 15.5. The van der Waals surface area contributed by atoms with Gasteiger partial charge in [0.2, 0.25) is 0 Å². The molecule has 2 aliphatic rings. The van der Waals surface area contributed by atoms with E-state index in [9.17, 15) is 4.79 Å². The smallest absolute Gasteiger partial charge is 0.254 e. The summed E-state index contributed by atoms with van der Waals surface area (Å²) in [6, 6.07) is 6.31. The Hall–Kier alpha value is -1.35. The van der Waals surface area contributed by atoms with Crippen LogP contribution in [0.15, 0.2) is 18.2 Å². The van der Waals surface area contributed by atoms with Crippen molar-refractivity contribution in [2.75, 3.05) is 26.2 Å². The van der Waals surface area contributed by atoms with Crippen LogP contribution >= 0.6 is 0 Å². The maximum atomic E-state index is 12.9. The Labute approximate surface area is 134 Å². The van der Waals surface area contributed by atoms with E-state index in [0.717, 1.165) is 50.5 Å². The minimum Gasteiger partial charge on any atom is -0.339 e. The molecule has 2 heterocycles. The number of hydrogen-bond acceptors (Lipinski definition) is 2. The van der Waals surface area contributed by atoms with Crippen molar-refractivity contribution in [3.05, 3.63) is 34.9 Å². The van der Waals surface area contributed by atoms with Crippen molar-refractivity contribution in [2.24, 2.45) is 5.92 Å². The molecule has 0 aromatic heterocycles. The molecule has 0 radical (unpaired) electrons. The van der Waals surface area contributed by atoms with Gasteiger partial charge in [-0.1, -0.05) is 19.1 Å². The van der Waals surface area contributed by atoms with Gasteiger partial charge in [-0.05, 0) is 74.7 Å². The first kappa shape index (κ1) is 15.5. The number of carbonyl (C=O) groups is 1. The molecule has 0 atom stereocenters. The Morgan fingerprint density at radius 2 is 1.82 bits per heavy atom. The number of nitrogens with zero attached hydrogens (tertiary/aromatic N) is 1. The summed E-state index contributed by atoms with van der Waals surface area (Å²) in [6.07, 6.45) is 4.64. The van der Waals surface area contributed by atoms with Gasteiger partial charge in [0.25, 0.3) is 5.91 Å². The predicted octanol–water partition coefficient (Wildman–Crippen LogP) is 3.33. The minimum absolute atomic E-state index is 0.236. The lowest BCUT2D eigenvalue weighted by Crippen LogP contribution is -2.38. The van der Waals surface area contributed by atoms with Crippen molar-refractivity contribution in [1.82, 2.24) is 10.2 Å². The van der Waals surface area contributed by atoms with Gasteiger partial charge in [-0.3, -0.25) is 4.79 Å². The summed E-state index contributed by atoms with van der Waals surface area (Å²) in [5.74, 6) is 1.60. The molecule has 1 aromatic carbocycles. The van der Waals surface area contributed by atoms with Crippen LogP contribution in [0.4, 0.5) is 0 Å². The molecule has 0 saturated carbocycles. The molecule has 1 amide bonds. The lowest BCUT2D eigenvalue weighted by atomic mass is 9.85. The molecule has 0 aliphatic carbocycles. The summed E-state index contributed by atoms with van der Waals surface area (Å²) in [7, 11) is 0. The highest BCUT2D eigenvalue weighted by atomic mass is 16.2. The predicted molar refractivity (Wildman–Crippen MR) is 90.3 cm³/mol. The zero-order valence-electron chi connectivity index (χ0n) is 13.9. The van der Waals surface area contributed by atoms with Crippen molar-refractivity contribution >= 4 is 5.91 Å². The van der Waals surface area contributed by atoms with Crippen molar-refractivity contribution < 1.29 is 4.79 Å². The molecule has 3 nitrogen and oxygen atoms in total. The first-order valence-corrected chi connectivity index (χ1v) is 8.76. The number of hydrogen-bond donors (Lipinski definition) is 1. The Bertz CT molecular complexity index is 526. The van der Waals surface area contributed by atoms with Gasteiger partial charge in [0.05, 0.1) is 0 Å². The third-order valence-electron chi connectivity index (χ3n) is 5.46. The van der Waals surface area contributed by atoms with Crippen LogP contribution in [0.25, 0.3) is 0 Å². The maximum Gasteiger partial charge on any atom is 0.254 e. The fraction of sp³-hybridized carbons (Fsp3) is 0.632. The third kappa shape index (κ3) is 3.19. The van der Waals surface area contributed by atoms with Gasteiger partial charge < -0.3 is 10.2 Å². The summed E-state index contributed by atoms with van der Waals surface area (Å²) in [5.41, 5.74) is 3.52. The lowest BCUT2D eigenvalue weighted by molar-refractivity contribution is 0.0696. The van der Waals surface area contributed by atoms with Gasteiger partial charge in [0, 0.05) is 18.7 Å². The van der Waals surface area contributed by atoms with Crippen LogP contribution in [0.2, 0.25) is 0 Å². The monoisotopic (exact) mass is 300 g/mol. The Kier molecular flexibility index (Phi) is 4.82. The molecular formula is C19H28N2O. The molecule has 2 fully saturated rings. The summed E-state index contributed by atoms with van der Waals surface area (Å²) in [4.78, 5) is 14.9. The second-order valence-corrected chi connectivity index (χ2v) is 7.02. The molecule has 0 spiro atoms. The van der Waals surface area contributed by atoms with E-state index < -0.39 is 0 Å². The van der Waals surface area contributed by atoms with E-state index in [0.29, 0.717) is 5.92 Å². The van der Waals surface area contributed by atoms with Crippen molar-refractivity contribution in [1.29, 1.82) is 0 Å². The molecular weight excluding hydrogens is 272 g/mol. The molecule has 3 heteroatoms. The van der Waals surface area contributed by atoms with Crippen LogP contribution in [0, 0.1) is 12.8 Å². The SMILES string of the molecule is Cc1c(C(=O)N2CCC(C)CC2)cccc1C1CCNCC1. The van der Waals surface area contributed by atoms with Gasteiger partial charge in [-0.15, -0.1) is 0 Å². The lowest BCUT2D eigenvalue weighted by Gasteiger charge is -2.31. The topological polar surface area (TPSA) is 32.3 Å². The Balaban J connectivity index is 1.80. The van der Waals surface area contributed by atoms with E-state index in [1.165, 1.54) is 24.0 Å². The molecule has 120 valence electrons. The normalized spacial score (nSPS) is 21.1. The largest absolute Gasteiger partial charge is 0.339 e. The number of amides is 1. The summed E-state index contributed by atoms with van der Waals surface area (Å²) in [5, 5.41) is 3.42. The average Bonchev–Trinajstić information content (AvgIpc) is 2.56. The van der Waals surface area contributed by atoms with E-state index in [2.05, 4.69) is 36.2 Å². The summed E-state index contributed by atoms with van der Waals surface area (Å²) >= 11 is 0. The van der Waals surface area contributed by atoms with Gasteiger partial charge in [-0.25, -0.2) is 0 Å². The third-order valence-corrected chi connectivity index (χ3v) is 5.46. The molecule has 0 unspecified atom stereocenters. The number of carbonyl (C=O) groups excluding carboxylic acids is 1. The molecule has 1 aromatic rings. The van der Waals surface area contributed by atoms with Crippen LogP contribution in [-0.2, 0) is 0 Å². The van der Waals surface area contributed by atoms with E-state index >= 15 is 0 Å². The second kappa shape index (κ2) is 6.82. The highest BCUT2D eigenvalue weighted by Crippen LogP contribution is 2.30. The first-order chi connectivity index (χ1) is 10.7. The zero-order valence-corrected chi connectivity index (χ0v) is 13.9. The standard InChI is InChI=1S/C19H28N2O/c1-14-8-12-21(13-9-14)19(22)18-5-3-4-17(15(18)2)16-6-10-20-11-7-16/h3-5,14,16,20H,6-13H2,1-2H3. The van der Waals surface area contributed by atoms with E-state index in [4.69, 9.17) is 0 Å². The van der Waals surface area contributed by atoms with Gasteiger partial charge >= 0.3 is 0 Å². The molecule has 3 rings (SSSR count). The highest BCUT2D eigenvalue weighted by molar-refractivity contribution is 5.96. The van der Waals surface area contributed by atoms with E-state index in [1.54, 1.807) is 0 Å². The number of nitrogens with one attached hydrogen (secondary N) is 1. The molecule has 0 bridgehead atoms. The fourth-order valence-corrected chi connectivity index (χ4v) is 3.84. The quantitative estimate of drug-likeness (QED) is 0.908. The van der Waals surface area contributed by atoms with Crippen LogP contribution < -0.4 is 5.32 Å². The summed E-state index contributed by atoms with van der Waals surface area (Å²) < 4.78 is 0. The molecule has 2 aliphatic heterocycles. The van der Waals surface area contributed by atoms with Crippen LogP contribution in [-0.4, -0.2) is 37.0 Å². The van der Waals surface area contributed by atoms with Gasteiger partial charge in [0.1, 0.15) is 0 Å². The number of piperidine rings is 2. The van der Waals surface area contributed by atoms with Gasteiger partial charge in [-0.2, -0.15) is 0 Å². The maximum absolute atomic E-state index is 12.9. The van der Waals surface area contributed by atoms with Crippen LogP contribution in [0.1, 0.15) is 60.0 Å². The Morgan fingerprint density at radius 3 is 2.50 bits per heavy atom. The van der Waals surface area contributed by atoms with Crippen LogP contribution in [0.3, 0.4) is 0 Å². The molecule has 1 N–H and O–H groups in total. The van der Waals surface area contributed by atoms with E-state index in [1.807, 2.05) is 6.07 Å². The number of benzene rings is 1. The number of likely N-dealkylation sites (tertiary alicyclic amines) is 1. The second-order valence-electron chi connectivity index (χ2n) is 7.02. The van der Waals surface area contributed by atoms with Crippen LogP contribution in [0.5, 0.6) is 0 Å². The van der Waals surface area contributed by atoms with Crippen molar-refractivity contribution in [2.45, 2.75) is 45.4 Å². The fourth-order valence-electron chi connectivity index (χ4n) is 3.84. The minimum atomic E-state index is 0.236. The average molecular weight is 300 g/mol. The van der Waals surface area contributed by atoms with Gasteiger partial charge in [0.15, 0.2) is 0 Å². The first-order valence-electron chi connectivity index (χ1n) is 8.76. The van der Waals surface area contributed by atoms with Crippen molar-refractivity contribution in [3.63, 3.8) is 0 Å². The Morgan fingerprint density at radius 1 is 1.14 bits per heavy atom. The highest BCUT2D eigenvalue weighted by Gasteiger charge is 2.25.